The van der Waals surface area contributed by atoms with Gasteiger partial charge in [0.15, 0.2) is 0 Å². The third-order valence-corrected chi connectivity index (χ3v) is 6.69. The standard InChI is InChI=1S/C18H22N2O3S2/c1-17(2)9-10-12(16(22)23-5)15(25-13(10)18(3,4)20-17)19-14(21)11-7-6-8-24-11/h6-8,20H,9H2,1-5H3,(H,19,21)/p+1. The fourth-order valence-electron chi connectivity index (χ4n) is 3.68. The van der Waals surface area contributed by atoms with Crippen molar-refractivity contribution in [3.05, 3.63) is 38.4 Å². The number of hydrogen-bond acceptors (Lipinski definition) is 5. The van der Waals surface area contributed by atoms with E-state index in [9.17, 15) is 9.59 Å². The average molecular weight is 380 g/mol. The molecule has 1 amide bonds. The highest BCUT2D eigenvalue weighted by molar-refractivity contribution is 7.17. The molecule has 0 aliphatic carbocycles. The lowest BCUT2D eigenvalue weighted by Crippen LogP contribution is -3.03. The zero-order chi connectivity index (χ0) is 18.4. The Kier molecular flexibility index (Phi) is 4.51. The van der Waals surface area contributed by atoms with Crippen LogP contribution in [0.3, 0.4) is 0 Å². The van der Waals surface area contributed by atoms with Crippen LogP contribution in [-0.2, 0) is 16.7 Å². The summed E-state index contributed by atoms with van der Waals surface area (Å²) in [6, 6.07) is 3.60. The van der Waals surface area contributed by atoms with Crippen molar-refractivity contribution < 1.29 is 19.6 Å². The van der Waals surface area contributed by atoms with E-state index in [1.807, 2.05) is 11.4 Å². The minimum atomic E-state index is -0.396. The van der Waals surface area contributed by atoms with Gasteiger partial charge in [-0.05, 0) is 44.7 Å². The van der Waals surface area contributed by atoms with E-state index in [1.165, 1.54) is 29.8 Å². The summed E-state index contributed by atoms with van der Waals surface area (Å²) in [7, 11) is 1.38. The van der Waals surface area contributed by atoms with Crippen LogP contribution < -0.4 is 10.6 Å². The van der Waals surface area contributed by atoms with Gasteiger partial charge in [-0.3, -0.25) is 4.79 Å². The highest BCUT2D eigenvalue weighted by Crippen LogP contribution is 2.42. The Bertz CT molecular complexity index is 820. The highest BCUT2D eigenvalue weighted by Gasteiger charge is 2.45. The van der Waals surface area contributed by atoms with E-state index >= 15 is 0 Å². The number of thiophene rings is 2. The van der Waals surface area contributed by atoms with Gasteiger partial charge in [-0.25, -0.2) is 4.79 Å². The molecule has 0 saturated carbocycles. The van der Waals surface area contributed by atoms with E-state index in [0.29, 0.717) is 15.4 Å². The van der Waals surface area contributed by atoms with Gasteiger partial charge in [-0.1, -0.05) is 6.07 Å². The third kappa shape index (κ3) is 3.36. The Hall–Kier alpha value is -1.70. The lowest BCUT2D eigenvalue weighted by molar-refractivity contribution is -0.789. The summed E-state index contributed by atoms with van der Waals surface area (Å²) in [5, 5.41) is 7.69. The molecule has 25 heavy (non-hydrogen) atoms. The minimum Gasteiger partial charge on any atom is -0.465 e. The van der Waals surface area contributed by atoms with Crippen molar-refractivity contribution in [2.75, 3.05) is 12.4 Å². The van der Waals surface area contributed by atoms with Crippen LogP contribution in [-0.4, -0.2) is 24.5 Å². The summed E-state index contributed by atoms with van der Waals surface area (Å²) < 4.78 is 5.02. The second kappa shape index (κ2) is 6.23. The van der Waals surface area contributed by atoms with Crippen molar-refractivity contribution in [2.24, 2.45) is 0 Å². The van der Waals surface area contributed by atoms with Crippen LogP contribution in [0.5, 0.6) is 0 Å². The number of nitrogens with one attached hydrogen (secondary N) is 1. The first-order valence-corrected chi connectivity index (χ1v) is 9.80. The van der Waals surface area contributed by atoms with Gasteiger partial charge in [0, 0.05) is 6.42 Å². The number of fused-ring (bicyclic) bond motifs is 1. The van der Waals surface area contributed by atoms with Crippen molar-refractivity contribution in [2.45, 2.75) is 45.2 Å². The molecule has 1 aliphatic rings. The maximum atomic E-state index is 12.5. The van der Waals surface area contributed by atoms with Gasteiger partial charge < -0.3 is 15.4 Å². The molecule has 2 aromatic rings. The molecule has 0 saturated heterocycles. The molecule has 5 nitrogen and oxygen atoms in total. The SMILES string of the molecule is COC(=O)c1c(NC(=O)c2cccs2)sc2c1CC(C)(C)[NH2+]C2(C)C. The molecule has 3 rings (SSSR count). The van der Waals surface area contributed by atoms with Gasteiger partial charge in [0.2, 0.25) is 0 Å². The number of rotatable bonds is 3. The summed E-state index contributed by atoms with van der Waals surface area (Å²) in [6.07, 6.45) is 0.752. The maximum absolute atomic E-state index is 12.5. The first-order valence-electron chi connectivity index (χ1n) is 8.11. The molecule has 0 aromatic carbocycles. The Labute approximate surface area is 155 Å². The van der Waals surface area contributed by atoms with E-state index in [1.54, 1.807) is 6.07 Å². The molecule has 0 spiro atoms. The van der Waals surface area contributed by atoms with Gasteiger partial charge in [-0.15, -0.1) is 22.7 Å². The van der Waals surface area contributed by atoms with Gasteiger partial charge in [0.05, 0.1) is 28.0 Å². The summed E-state index contributed by atoms with van der Waals surface area (Å²) in [5.41, 5.74) is 1.30. The molecular weight excluding hydrogens is 356 g/mol. The predicted octanol–water partition coefficient (Wildman–Crippen LogP) is 2.98. The van der Waals surface area contributed by atoms with Crippen LogP contribution in [0.1, 0.15) is 58.2 Å². The van der Waals surface area contributed by atoms with Crippen LogP contribution in [0.4, 0.5) is 5.00 Å². The van der Waals surface area contributed by atoms with E-state index in [2.05, 4.69) is 38.3 Å². The molecule has 2 aromatic heterocycles. The topological polar surface area (TPSA) is 72.0 Å². The molecule has 3 N–H and O–H groups in total. The van der Waals surface area contributed by atoms with E-state index in [0.717, 1.165) is 16.9 Å². The van der Waals surface area contributed by atoms with E-state index < -0.39 is 5.97 Å². The first kappa shape index (κ1) is 18.1. The number of carbonyl (C=O) groups is 2. The lowest BCUT2D eigenvalue weighted by Gasteiger charge is -2.38. The van der Waals surface area contributed by atoms with Crippen molar-refractivity contribution >= 4 is 39.6 Å². The van der Waals surface area contributed by atoms with E-state index in [4.69, 9.17) is 4.74 Å². The monoisotopic (exact) mass is 379 g/mol. The van der Waals surface area contributed by atoms with Crippen molar-refractivity contribution in [1.29, 1.82) is 0 Å². The number of hydrogen-bond donors (Lipinski definition) is 2. The van der Waals surface area contributed by atoms with Crippen molar-refractivity contribution in [3.63, 3.8) is 0 Å². The second-order valence-electron chi connectivity index (χ2n) is 7.57. The second-order valence-corrected chi connectivity index (χ2v) is 9.54. The molecule has 0 atom stereocenters. The summed E-state index contributed by atoms with van der Waals surface area (Å²) in [4.78, 5) is 26.7. The fourth-order valence-corrected chi connectivity index (χ4v) is 5.58. The van der Waals surface area contributed by atoms with Crippen LogP contribution >= 0.6 is 22.7 Å². The van der Waals surface area contributed by atoms with Crippen LogP contribution in [0, 0.1) is 0 Å². The maximum Gasteiger partial charge on any atom is 0.341 e. The predicted molar refractivity (Wildman–Crippen MR) is 101 cm³/mol. The average Bonchev–Trinajstić information content (AvgIpc) is 3.12. The molecule has 1 aliphatic heterocycles. The molecule has 134 valence electrons. The number of nitrogens with two attached hydrogens (primary N) is 1. The summed E-state index contributed by atoms with van der Waals surface area (Å²) >= 11 is 2.85. The van der Waals surface area contributed by atoms with Gasteiger partial charge >= 0.3 is 5.97 Å². The minimum absolute atomic E-state index is 0.0324. The Balaban J connectivity index is 2.09. The van der Waals surface area contributed by atoms with Gasteiger partial charge in [0.1, 0.15) is 10.5 Å². The summed E-state index contributed by atoms with van der Waals surface area (Å²) in [5.74, 6) is -0.590. The molecule has 7 heteroatoms. The number of quaternary nitrogens is 1. The van der Waals surface area contributed by atoms with E-state index in [-0.39, 0.29) is 17.0 Å². The first-order chi connectivity index (χ1) is 11.6. The zero-order valence-electron chi connectivity index (χ0n) is 15.1. The molecule has 0 fully saturated rings. The highest BCUT2D eigenvalue weighted by atomic mass is 32.1. The van der Waals surface area contributed by atoms with Crippen molar-refractivity contribution in [1.82, 2.24) is 0 Å². The quantitative estimate of drug-likeness (QED) is 0.806. The van der Waals surface area contributed by atoms with Crippen molar-refractivity contribution in [3.8, 4) is 0 Å². The Morgan fingerprint density at radius 1 is 1.28 bits per heavy atom. The number of esters is 1. The van der Waals surface area contributed by atoms with Gasteiger partial charge in [0.25, 0.3) is 5.91 Å². The van der Waals surface area contributed by atoms with Crippen LogP contribution in [0.2, 0.25) is 0 Å². The molecular formula is C18H23N2O3S2+. The van der Waals surface area contributed by atoms with Gasteiger partial charge in [-0.2, -0.15) is 0 Å². The molecule has 0 radical (unpaired) electrons. The number of anilines is 1. The van der Waals surface area contributed by atoms with Crippen LogP contribution in [0.15, 0.2) is 17.5 Å². The molecule has 0 bridgehead atoms. The lowest BCUT2D eigenvalue weighted by atomic mass is 9.81. The Morgan fingerprint density at radius 3 is 2.60 bits per heavy atom. The fraction of sp³-hybridized carbons (Fsp3) is 0.444. The largest absolute Gasteiger partial charge is 0.465 e. The third-order valence-electron chi connectivity index (χ3n) is 4.34. The zero-order valence-corrected chi connectivity index (χ0v) is 16.7. The number of amides is 1. The number of methoxy groups -OCH3 is 1. The number of carbonyl (C=O) groups excluding carboxylic acids is 2. The smallest absolute Gasteiger partial charge is 0.341 e. The van der Waals surface area contributed by atoms with Crippen LogP contribution in [0.25, 0.3) is 0 Å². The summed E-state index contributed by atoms with van der Waals surface area (Å²) in [6.45, 7) is 8.63. The molecule has 0 unspecified atom stereocenters. The normalized spacial score (nSPS) is 17.6. The number of ether oxygens (including phenoxy) is 1. The Morgan fingerprint density at radius 2 is 2.00 bits per heavy atom. The molecule has 3 heterocycles.